The van der Waals surface area contributed by atoms with E-state index < -0.39 is 0 Å². The van der Waals surface area contributed by atoms with E-state index in [0.29, 0.717) is 5.92 Å². The minimum atomic E-state index is 0.612. The second kappa shape index (κ2) is 7.13. The fourth-order valence-electron chi connectivity index (χ4n) is 2.24. The summed E-state index contributed by atoms with van der Waals surface area (Å²) in [5, 5.41) is 3.39. The highest BCUT2D eigenvalue weighted by atomic mass is 15.2. The molecule has 0 aliphatic rings. The number of rotatable bonds is 7. The molecule has 0 saturated carbocycles. The predicted octanol–water partition coefficient (Wildman–Crippen LogP) is 4.63. The number of imidazole rings is 1. The molecule has 20 heavy (non-hydrogen) atoms. The molecule has 0 fully saturated rings. The van der Waals surface area contributed by atoms with Crippen molar-refractivity contribution in [1.29, 1.82) is 0 Å². The Hall–Kier alpha value is -1.77. The number of hydrogen-bond donors (Lipinski definition) is 1. The molecule has 1 aromatic heterocycles. The Labute approximate surface area is 122 Å². The summed E-state index contributed by atoms with van der Waals surface area (Å²) in [6.07, 6.45) is 7.54. The molecule has 0 bridgehead atoms. The van der Waals surface area contributed by atoms with Crippen molar-refractivity contribution in [2.75, 3.05) is 5.32 Å². The highest BCUT2D eigenvalue weighted by molar-refractivity contribution is 5.54. The lowest BCUT2D eigenvalue weighted by Gasteiger charge is -2.12. The molecule has 108 valence electrons. The van der Waals surface area contributed by atoms with Gasteiger partial charge in [0.05, 0.1) is 0 Å². The average Bonchev–Trinajstić information content (AvgIpc) is 2.84. The van der Waals surface area contributed by atoms with Gasteiger partial charge in [-0.2, -0.15) is 0 Å². The van der Waals surface area contributed by atoms with E-state index in [1.165, 1.54) is 24.8 Å². The van der Waals surface area contributed by atoms with Crippen LogP contribution in [0.5, 0.6) is 0 Å². The van der Waals surface area contributed by atoms with Crippen molar-refractivity contribution in [3.05, 3.63) is 42.2 Å². The van der Waals surface area contributed by atoms with Crippen molar-refractivity contribution in [2.45, 2.75) is 46.6 Å². The van der Waals surface area contributed by atoms with Crippen LogP contribution in [-0.2, 0) is 13.0 Å². The van der Waals surface area contributed by atoms with Crippen molar-refractivity contribution in [3.8, 4) is 0 Å². The molecule has 3 nitrogen and oxygen atoms in total. The van der Waals surface area contributed by atoms with Gasteiger partial charge in [0.1, 0.15) is 0 Å². The van der Waals surface area contributed by atoms with E-state index in [4.69, 9.17) is 0 Å². The summed E-state index contributed by atoms with van der Waals surface area (Å²) in [5.41, 5.74) is 2.50. The van der Waals surface area contributed by atoms with E-state index >= 15 is 0 Å². The van der Waals surface area contributed by atoms with E-state index in [0.717, 1.165) is 18.2 Å². The first-order valence-corrected chi connectivity index (χ1v) is 7.56. The third-order valence-electron chi connectivity index (χ3n) is 3.31. The van der Waals surface area contributed by atoms with E-state index in [2.05, 4.69) is 59.9 Å². The maximum Gasteiger partial charge on any atom is 0.207 e. The van der Waals surface area contributed by atoms with E-state index in [1.54, 1.807) is 0 Å². The molecule has 0 radical (unpaired) electrons. The highest BCUT2D eigenvalue weighted by Crippen LogP contribution is 2.17. The first kappa shape index (κ1) is 14.6. The Morgan fingerprint density at radius 3 is 2.60 bits per heavy atom. The Morgan fingerprint density at radius 2 is 1.95 bits per heavy atom. The fraction of sp³-hybridized carbons (Fsp3) is 0.471. The number of aromatic nitrogens is 2. The first-order valence-electron chi connectivity index (χ1n) is 7.56. The Balaban J connectivity index is 2.01. The molecule has 0 aliphatic heterocycles. The van der Waals surface area contributed by atoms with Crippen LogP contribution < -0.4 is 5.32 Å². The zero-order chi connectivity index (χ0) is 14.4. The molecular weight excluding hydrogens is 246 g/mol. The van der Waals surface area contributed by atoms with Crippen LogP contribution in [0, 0.1) is 5.92 Å². The summed E-state index contributed by atoms with van der Waals surface area (Å²) >= 11 is 0. The molecule has 1 aromatic carbocycles. The molecule has 1 N–H and O–H groups in total. The Kier molecular flexibility index (Phi) is 5.22. The first-order chi connectivity index (χ1) is 9.69. The maximum absolute atomic E-state index is 4.39. The van der Waals surface area contributed by atoms with Crippen LogP contribution in [0.2, 0.25) is 0 Å². The normalized spacial score (nSPS) is 11.0. The van der Waals surface area contributed by atoms with Gasteiger partial charge in [-0.25, -0.2) is 4.98 Å². The van der Waals surface area contributed by atoms with Crippen LogP contribution in [0.1, 0.15) is 39.2 Å². The van der Waals surface area contributed by atoms with Gasteiger partial charge in [-0.05, 0) is 36.5 Å². The van der Waals surface area contributed by atoms with E-state index in [-0.39, 0.29) is 0 Å². The lowest BCUT2D eigenvalue weighted by molar-refractivity contribution is 0.527. The summed E-state index contributed by atoms with van der Waals surface area (Å²) in [6.45, 7) is 7.64. The summed E-state index contributed by atoms with van der Waals surface area (Å²) in [4.78, 5) is 4.39. The fourth-order valence-corrected chi connectivity index (χ4v) is 2.24. The van der Waals surface area contributed by atoms with Crippen molar-refractivity contribution < 1.29 is 0 Å². The summed E-state index contributed by atoms with van der Waals surface area (Å²) in [7, 11) is 0. The zero-order valence-corrected chi connectivity index (χ0v) is 12.8. The largest absolute Gasteiger partial charge is 0.326 e. The van der Waals surface area contributed by atoms with Crippen LogP contribution in [0.3, 0.4) is 0 Å². The number of hydrogen-bond acceptors (Lipinski definition) is 2. The molecule has 0 spiro atoms. The van der Waals surface area contributed by atoms with Crippen molar-refractivity contribution in [3.63, 3.8) is 0 Å². The molecule has 2 rings (SSSR count). The number of nitrogens with one attached hydrogen (secondary N) is 1. The quantitative estimate of drug-likeness (QED) is 0.796. The average molecular weight is 271 g/mol. The second-order valence-corrected chi connectivity index (χ2v) is 5.72. The molecule has 1 heterocycles. The Bertz CT molecular complexity index is 511. The monoisotopic (exact) mass is 271 g/mol. The van der Waals surface area contributed by atoms with Gasteiger partial charge in [0.2, 0.25) is 5.95 Å². The SMILES string of the molecule is CCCCc1ccc(Nc2nccn2CC(C)C)cc1. The topological polar surface area (TPSA) is 29.9 Å². The third-order valence-corrected chi connectivity index (χ3v) is 3.31. The highest BCUT2D eigenvalue weighted by Gasteiger charge is 2.04. The number of aryl methyl sites for hydroxylation is 1. The molecule has 0 saturated heterocycles. The van der Waals surface area contributed by atoms with Gasteiger partial charge < -0.3 is 9.88 Å². The molecular formula is C17H25N3. The van der Waals surface area contributed by atoms with Crippen LogP contribution >= 0.6 is 0 Å². The lowest BCUT2D eigenvalue weighted by atomic mass is 10.1. The van der Waals surface area contributed by atoms with Crippen molar-refractivity contribution >= 4 is 11.6 Å². The third kappa shape index (κ3) is 4.12. The smallest absolute Gasteiger partial charge is 0.207 e. The van der Waals surface area contributed by atoms with Crippen molar-refractivity contribution in [1.82, 2.24) is 9.55 Å². The van der Waals surface area contributed by atoms with Crippen LogP contribution in [0.4, 0.5) is 11.6 Å². The lowest BCUT2D eigenvalue weighted by Crippen LogP contribution is -2.07. The summed E-state index contributed by atoms with van der Waals surface area (Å²) in [6, 6.07) is 8.68. The number of benzene rings is 1. The molecule has 0 amide bonds. The van der Waals surface area contributed by atoms with Gasteiger partial charge >= 0.3 is 0 Å². The molecule has 0 aliphatic carbocycles. The Morgan fingerprint density at radius 1 is 1.20 bits per heavy atom. The van der Waals surface area contributed by atoms with Crippen molar-refractivity contribution in [2.24, 2.45) is 5.92 Å². The number of unbranched alkanes of at least 4 members (excludes halogenated alkanes) is 1. The van der Waals surface area contributed by atoms with E-state index in [9.17, 15) is 0 Å². The van der Waals surface area contributed by atoms with E-state index in [1.807, 2.05) is 12.4 Å². The van der Waals surface area contributed by atoms with Gasteiger partial charge in [-0.1, -0.05) is 39.3 Å². The van der Waals surface area contributed by atoms with Crippen LogP contribution in [-0.4, -0.2) is 9.55 Å². The second-order valence-electron chi connectivity index (χ2n) is 5.72. The zero-order valence-electron chi connectivity index (χ0n) is 12.8. The predicted molar refractivity (Wildman–Crippen MR) is 85.4 cm³/mol. The summed E-state index contributed by atoms with van der Waals surface area (Å²) in [5.74, 6) is 1.53. The minimum absolute atomic E-state index is 0.612. The van der Waals surface area contributed by atoms with Gasteiger partial charge in [0.25, 0.3) is 0 Å². The minimum Gasteiger partial charge on any atom is -0.326 e. The molecule has 3 heteroatoms. The standard InChI is InChI=1S/C17H25N3/c1-4-5-6-15-7-9-16(10-8-15)19-17-18-11-12-20(17)13-14(2)3/h7-12,14H,4-6,13H2,1-3H3,(H,18,19). The number of anilines is 2. The van der Waals surface area contributed by atoms with Gasteiger partial charge in [-0.3, -0.25) is 0 Å². The van der Waals surface area contributed by atoms with Gasteiger partial charge in [-0.15, -0.1) is 0 Å². The summed E-state index contributed by atoms with van der Waals surface area (Å²) < 4.78 is 2.16. The molecule has 2 aromatic rings. The maximum atomic E-state index is 4.39. The molecule has 0 atom stereocenters. The van der Waals surface area contributed by atoms with Gasteiger partial charge in [0, 0.05) is 24.6 Å². The van der Waals surface area contributed by atoms with Crippen LogP contribution in [0.25, 0.3) is 0 Å². The van der Waals surface area contributed by atoms with Crippen LogP contribution in [0.15, 0.2) is 36.7 Å². The molecule has 0 unspecified atom stereocenters. The number of nitrogens with zero attached hydrogens (tertiary/aromatic N) is 2. The van der Waals surface area contributed by atoms with Gasteiger partial charge in [0.15, 0.2) is 0 Å².